The second kappa shape index (κ2) is 5.56. The van der Waals surface area contributed by atoms with E-state index in [2.05, 4.69) is 10.3 Å². The van der Waals surface area contributed by atoms with Crippen molar-refractivity contribution in [1.29, 1.82) is 0 Å². The molecule has 0 aliphatic rings. The molecule has 0 bridgehead atoms. The number of carbonyl (C=O) groups is 1. The molecule has 0 heterocycles. The SMILES string of the molecule is CCCNOC(=O)CC. The minimum absolute atomic E-state index is 0.205. The lowest BCUT2D eigenvalue weighted by molar-refractivity contribution is -0.150. The van der Waals surface area contributed by atoms with Crippen molar-refractivity contribution in [2.24, 2.45) is 0 Å². The number of hydrogen-bond acceptors (Lipinski definition) is 3. The predicted octanol–water partition coefficient (Wildman–Crippen LogP) is 0.854. The Labute approximate surface area is 55.3 Å². The Kier molecular flexibility index (Phi) is 5.21. The van der Waals surface area contributed by atoms with E-state index >= 15 is 0 Å². The monoisotopic (exact) mass is 131 g/mol. The number of hydroxylamine groups is 1. The van der Waals surface area contributed by atoms with E-state index in [1.54, 1.807) is 6.92 Å². The fraction of sp³-hybridized carbons (Fsp3) is 0.833. The van der Waals surface area contributed by atoms with E-state index in [1.807, 2.05) is 6.92 Å². The topological polar surface area (TPSA) is 38.3 Å². The lowest BCUT2D eigenvalue weighted by Crippen LogP contribution is -2.19. The van der Waals surface area contributed by atoms with E-state index < -0.39 is 0 Å². The van der Waals surface area contributed by atoms with Crippen LogP contribution >= 0.6 is 0 Å². The van der Waals surface area contributed by atoms with Crippen LogP contribution in [0.2, 0.25) is 0 Å². The molecule has 0 aromatic carbocycles. The summed E-state index contributed by atoms with van der Waals surface area (Å²) in [5.74, 6) is -0.205. The quantitative estimate of drug-likeness (QED) is 0.454. The second-order valence-corrected chi connectivity index (χ2v) is 1.72. The predicted molar refractivity (Wildman–Crippen MR) is 34.7 cm³/mol. The van der Waals surface area contributed by atoms with Crippen LogP contribution in [0.1, 0.15) is 26.7 Å². The Morgan fingerprint density at radius 3 is 2.67 bits per heavy atom. The molecule has 0 saturated heterocycles. The molecule has 0 amide bonds. The lowest BCUT2D eigenvalue weighted by atomic mass is 10.5. The normalized spacial score (nSPS) is 9.11. The minimum atomic E-state index is -0.205. The van der Waals surface area contributed by atoms with Crippen molar-refractivity contribution in [1.82, 2.24) is 5.48 Å². The molecule has 0 atom stereocenters. The molecule has 54 valence electrons. The molecule has 0 unspecified atom stereocenters. The molecule has 0 fully saturated rings. The van der Waals surface area contributed by atoms with Crippen molar-refractivity contribution in [2.75, 3.05) is 6.54 Å². The highest BCUT2D eigenvalue weighted by Crippen LogP contribution is 1.79. The van der Waals surface area contributed by atoms with Gasteiger partial charge in [0.15, 0.2) is 0 Å². The highest BCUT2D eigenvalue weighted by atomic mass is 16.7. The average molecular weight is 131 g/mol. The van der Waals surface area contributed by atoms with Gasteiger partial charge in [-0.2, -0.15) is 5.48 Å². The summed E-state index contributed by atoms with van der Waals surface area (Å²) in [6.45, 7) is 4.49. The fourth-order valence-electron chi connectivity index (χ4n) is 0.306. The Morgan fingerprint density at radius 2 is 2.22 bits per heavy atom. The standard InChI is InChI=1S/C6H13NO2/c1-3-5-7-9-6(8)4-2/h7H,3-5H2,1-2H3. The van der Waals surface area contributed by atoms with Crippen LogP contribution in [0.25, 0.3) is 0 Å². The van der Waals surface area contributed by atoms with Crippen molar-refractivity contribution < 1.29 is 9.63 Å². The van der Waals surface area contributed by atoms with Gasteiger partial charge in [-0.15, -0.1) is 0 Å². The molecule has 0 rings (SSSR count). The van der Waals surface area contributed by atoms with Crippen LogP contribution in [0.3, 0.4) is 0 Å². The van der Waals surface area contributed by atoms with Crippen molar-refractivity contribution >= 4 is 5.97 Å². The number of carbonyl (C=O) groups excluding carboxylic acids is 1. The Hall–Kier alpha value is -0.570. The van der Waals surface area contributed by atoms with Gasteiger partial charge in [-0.3, -0.25) is 4.79 Å². The van der Waals surface area contributed by atoms with Crippen molar-refractivity contribution in [3.63, 3.8) is 0 Å². The summed E-state index contributed by atoms with van der Waals surface area (Å²) in [4.78, 5) is 14.9. The van der Waals surface area contributed by atoms with E-state index in [9.17, 15) is 4.79 Å². The van der Waals surface area contributed by atoms with Gasteiger partial charge in [0, 0.05) is 13.0 Å². The van der Waals surface area contributed by atoms with Crippen LogP contribution in [0.15, 0.2) is 0 Å². The van der Waals surface area contributed by atoms with Gasteiger partial charge in [-0.1, -0.05) is 13.8 Å². The molecule has 0 aromatic rings. The van der Waals surface area contributed by atoms with Crippen molar-refractivity contribution in [3.05, 3.63) is 0 Å². The Bertz CT molecular complexity index is 83.1. The molecule has 0 radical (unpaired) electrons. The highest BCUT2D eigenvalue weighted by Gasteiger charge is 1.94. The van der Waals surface area contributed by atoms with Crippen LogP contribution < -0.4 is 5.48 Å². The molecule has 9 heavy (non-hydrogen) atoms. The number of rotatable bonds is 4. The van der Waals surface area contributed by atoms with Crippen molar-refractivity contribution in [3.8, 4) is 0 Å². The van der Waals surface area contributed by atoms with E-state index in [0.717, 1.165) is 13.0 Å². The Balaban J connectivity index is 2.97. The van der Waals surface area contributed by atoms with Gasteiger partial charge < -0.3 is 4.84 Å². The highest BCUT2D eigenvalue weighted by molar-refractivity contribution is 5.68. The van der Waals surface area contributed by atoms with Gasteiger partial charge >= 0.3 is 5.97 Å². The van der Waals surface area contributed by atoms with E-state index in [-0.39, 0.29) is 5.97 Å². The summed E-state index contributed by atoms with van der Waals surface area (Å²) in [7, 11) is 0. The van der Waals surface area contributed by atoms with Gasteiger partial charge in [0.2, 0.25) is 0 Å². The van der Waals surface area contributed by atoms with E-state index in [0.29, 0.717) is 6.42 Å². The zero-order valence-electron chi connectivity index (χ0n) is 5.94. The van der Waals surface area contributed by atoms with Crippen LogP contribution in [0, 0.1) is 0 Å². The molecule has 3 nitrogen and oxygen atoms in total. The smallest absolute Gasteiger partial charge is 0.324 e. The largest absolute Gasteiger partial charge is 0.371 e. The molecular formula is C6H13NO2. The summed E-state index contributed by atoms with van der Waals surface area (Å²) in [6, 6.07) is 0. The van der Waals surface area contributed by atoms with E-state index in [1.165, 1.54) is 0 Å². The molecule has 0 aliphatic carbocycles. The van der Waals surface area contributed by atoms with Gasteiger partial charge in [0.1, 0.15) is 0 Å². The third-order valence-electron chi connectivity index (χ3n) is 0.827. The number of hydrogen-bond donors (Lipinski definition) is 1. The van der Waals surface area contributed by atoms with Crippen LogP contribution in [0.4, 0.5) is 0 Å². The molecule has 1 N–H and O–H groups in total. The van der Waals surface area contributed by atoms with Crippen LogP contribution in [-0.4, -0.2) is 12.5 Å². The number of nitrogens with one attached hydrogen (secondary N) is 1. The third-order valence-corrected chi connectivity index (χ3v) is 0.827. The summed E-state index contributed by atoms with van der Waals surface area (Å²) in [5, 5.41) is 0. The zero-order valence-corrected chi connectivity index (χ0v) is 5.94. The summed E-state index contributed by atoms with van der Waals surface area (Å²) >= 11 is 0. The molecule has 0 spiro atoms. The second-order valence-electron chi connectivity index (χ2n) is 1.72. The summed E-state index contributed by atoms with van der Waals surface area (Å²) < 4.78 is 0. The first-order chi connectivity index (χ1) is 4.31. The van der Waals surface area contributed by atoms with Crippen molar-refractivity contribution in [2.45, 2.75) is 26.7 Å². The summed E-state index contributed by atoms with van der Waals surface area (Å²) in [5.41, 5.74) is 2.54. The van der Waals surface area contributed by atoms with Crippen LogP contribution in [0.5, 0.6) is 0 Å². The van der Waals surface area contributed by atoms with Gasteiger partial charge in [-0.05, 0) is 6.42 Å². The molecule has 0 aliphatic heterocycles. The molecular weight excluding hydrogens is 118 g/mol. The molecule has 0 aromatic heterocycles. The molecule has 3 heteroatoms. The zero-order chi connectivity index (χ0) is 7.11. The Morgan fingerprint density at radius 1 is 1.56 bits per heavy atom. The first-order valence-electron chi connectivity index (χ1n) is 3.23. The minimum Gasteiger partial charge on any atom is -0.371 e. The van der Waals surface area contributed by atoms with Gasteiger partial charge in [0.25, 0.3) is 0 Å². The summed E-state index contributed by atoms with van der Waals surface area (Å²) in [6.07, 6.45) is 1.40. The third kappa shape index (κ3) is 5.30. The van der Waals surface area contributed by atoms with Crippen LogP contribution in [-0.2, 0) is 9.63 Å². The maximum absolute atomic E-state index is 10.4. The fourth-order valence-corrected chi connectivity index (χ4v) is 0.306. The maximum atomic E-state index is 10.4. The maximum Gasteiger partial charge on any atom is 0.324 e. The van der Waals surface area contributed by atoms with Gasteiger partial charge in [-0.25, -0.2) is 0 Å². The lowest BCUT2D eigenvalue weighted by Gasteiger charge is -2.00. The first kappa shape index (κ1) is 8.43. The first-order valence-corrected chi connectivity index (χ1v) is 3.23. The van der Waals surface area contributed by atoms with E-state index in [4.69, 9.17) is 0 Å². The van der Waals surface area contributed by atoms with Gasteiger partial charge in [0.05, 0.1) is 0 Å². The molecule has 0 saturated carbocycles. The average Bonchev–Trinajstić information content (AvgIpc) is 1.89.